The summed E-state index contributed by atoms with van der Waals surface area (Å²) < 4.78 is -0.422. The molecule has 0 aromatic rings. The highest BCUT2D eigenvalue weighted by molar-refractivity contribution is 8.01. The highest BCUT2D eigenvalue weighted by Gasteiger charge is 2.49. The molecule has 86 valence electrons. The zero-order chi connectivity index (χ0) is 10.9. The minimum atomic E-state index is -0.552. The van der Waals surface area contributed by atoms with Crippen molar-refractivity contribution in [1.29, 1.82) is 0 Å². The number of carboxylic acids is 1. The lowest BCUT2D eigenvalue weighted by molar-refractivity contribution is -0.142. The molecule has 0 spiro atoms. The summed E-state index contributed by atoms with van der Waals surface area (Å²) in [5, 5.41) is 9.48. The van der Waals surface area contributed by atoms with Crippen LogP contribution in [0.15, 0.2) is 0 Å². The van der Waals surface area contributed by atoms with Gasteiger partial charge in [-0.3, -0.25) is 4.79 Å². The topological polar surface area (TPSA) is 37.3 Å². The van der Waals surface area contributed by atoms with Crippen molar-refractivity contribution in [2.24, 2.45) is 11.8 Å². The number of aliphatic carboxylic acids is 1. The van der Waals surface area contributed by atoms with Gasteiger partial charge in [-0.1, -0.05) is 19.8 Å². The zero-order valence-electron chi connectivity index (χ0n) is 9.37. The summed E-state index contributed by atoms with van der Waals surface area (Å²) in [6.07, 6.45) is 6.74. The van der Waals surface area contributed by atoms with Gasteiger partial charge in [-0.2, -0.15) is 0 Å². The van der Waals surface area contributed by atoms with Crippen molar-refractivity contribution in [3.63, 3.8) is 0 Å². The zero-order valence-corrected chi connectivity index (χ0v) is 10.2. The van der Waals surface area contributed by atoms with Gasteiger partial charge in [0.2, 0.25) is 0 Å². The summed E-state index contributed by atoms with van der Waals surface area (Å²) in [4.78, 5) is 11.5. The molecule has 0 radical (unpaired) electrons. The fraction of sp³-hybridized carbons (Fsp3) is 0.917. The predicted molar refractivity (Wildman–Crippen MR) is 63.2 cm³/mol. The van der Waals surface area contributed by atoms with Crippen LogP contribution in [-0.2, 0) is 4.79 Å². The summed E-state index contributed by atoms with van der Waals surface area (Å²) in [5.74, 6) is 1.63. The second-order valence-corrected chi connectivity index (χ2v) is 6.54. The lowest BCUT2D eigenvalue weighted by Gasteiger charge is -2.37. The van der Waals surface area contributed by atoms with E-state index in [1.54, 1.807) is 11.8 Å². The minimum Gasteiger partial charge on any atom is -0.480 e. The van der Waals surface area contributed by atoms with E-state index in [-0.39, 0.29) is 0 Å². The van der Waals surface area contributed by atoms with Crippen molar-refractivity contribution >= 4 is 17.7 Å². The van der Waals surface area contributed by atoms with Gasteiger partial charge in [-0.15, -0.1) is 11.8 Å². The first-order valence-electron chi connectivity index (χ1n) is 6.02. The number of carboxylic acid groups (broad SMARTS) is 1. The van der Waals surface area contributed by atoms with Crippen molar-refractivity contribution in [2.45, 2.75) is 50.2 Å². The molecule has 2 rings (SSSR count). The van der Waals surface area contributed by atoms with Crippen molar-refractivity contribution in [2.75, 3.05) is 5.75 Å². The first-order valence-corrected chi connectivity index (χ1v) is 7.01. The van der Waals surface area contributed by atoms with Crippen molar-refractivity contribution in [3.8, 4) is 0 Å². The van der Waals surface area contributed by atoms with Crippen LogP contribution in [0.4, 0.5) is 0 Å². The molecule has 1 saturated heterocycles. The van der Waals surface area contributed by atoms with Gasteiger partial charge in [-0.05, 0) is 43.3 Å². The number of carbonyl (C=O) groups is 1. The largest absolute Gasteiger partial charge is 0.480 e. The monoisotopic (exact) mass is 228 g/mol. The summed E-state index contributed by atoms with van der Waals surface area (Å²) in [5.41, 5.74) is 0. The predicted octanol–water partition coefficient (Wildman–Crippen LogP) is 3.16. The molecule has 1 saturated carbocycles. The van der Waals surface area contributed by atoms with Gasteiger partial charge in [0.15, 0.2) is 0 Å². The molecule has 2 nitrogen and oxygen atoms in total. The maximum atomic E-state index is 11.5. The highest BCUT2D eigenvalue weighted by atomic mass is 32.2. The van der Waals surface area contributed by atoms with Gasteiger partial charge in [-0.25, -0.2) is 0 Å². The van der Waals surface area contributed by atoms with Crippen molar-refractivity contribution in [1.82, 2.24) is 0 Å². The van der Waals surface area contributed by atoms with Crippen LogP contribution in [0.2, 0.25) is 0 Å². The molecule has 2 fully saturated rings. The maximum absolute atomic E-state index is 11.5. The summed E-state index contributed by atoms with van der Waals surface area (Å²) in [6.45, 7) is 2.27. The fourth-order valence-electron chi connectivity index (χ4n) is 3.18. The highest BCUT2D eigenvalue weighted by Crippen LogP contribution is 2.50. The Balaban J connectivity index is 2.13. The van der Waals surface area contributed by atoms with E-state index in [1.807, 2.05) is 0 Å². The molecule has 15 heavy (non-hydrogen) atoms. The molecule has 0 amide bonds. The molecular formula is C12H20O2S. The molecule has 1 N–H and O–H groups in total. The Labute approximate surface area is 95.8 Å². The summed E-state index contributed by atoms with van der Waals surface area (Å²) >= 11 is 1.71. The Bertz CT molecular complexity index is 246. The van der Waals surface area contributed by atoms with Crippen LogP contribution in [-0.4, -0.2) is 21.6 Å². The lowest BCUT2D eigenvalue weighted by atomic mass is 9.74. The van der Waals surface area contributed by atoms with E-state index >= 15 is 0 Å². The molecule has 3 heteroatoms. The van der Waals surface area contributed by atoms with E-state index in [0.29, 0.717) is 5.92 Å². The van der Waals surface area contributed by atoms with E-state index in [2.05, 4.69) is 6.92 Å². The van der Waals surface area contributed by atoms with Crippen molar-refractivity contribution in [3.05, 3.63) is 0 Å². The van der Waals surface area contributed by atoms with Crippen LogP contribution in [0.25, 0.3) is 0 Å². The lowest BCUT2D eigenvalue weighted by Crippen LogP contribution is -2.42. The summed E-state index contributed by atoms with van der Waals surface area (Å²) in [6, 6.07) is 0. The number of hydrogen-bond acceptors (Lipinski definition) is 2. The second kappa shape index (κ2) is 4.36. The van der Waals surface area contributed by atoms with E-state index in [1.165, 1.54) is 12.8 Å². The molecule has 1 aliphatic carbocycles. The number of thioether (sulfide) groups is 1. The third-order valence-electron chi connectivity index (χ3n) is 4.01. The van der Waals surface area contributed by atoms with E-state index in [9.17, 15) is 9.90 Å². The maximum Gasteiger partial charge on any atom is 0.320 e. The standard InChI is InChI=1S/C12H20O2S/c1-9-4-2-5-10(8-9)12(11(13)14)6-3-7-15-12/h9-10H,2-8H2,1H3,(H,13,14). The third kappa shape index (κ3) is 2.03. The van der Waals surface area contributed by atoms with Gasteiger partial charge in [0.25, 0.3) is 0 Å². The molecule has 1 aliphatic heterocycles. The molecule has 2 aliphatic rings. The Morgan fingerprint density at radius 2 is 2.20 bits per heavy atom. The van der Waals surface area contributed by atoms with Crippen LogP contribution in [0.5, 0.6) is 0 Å². The fourth-order valence-corrected chi connectivity index (χ4v) is 4.70. The Morgan fingerprint density at radius 1 is 1.40 bits per heavy atom. The smallest absolute Gasteiger partial charge is 0.320 e. The van der Waals surface area contributed by atoms with Gasteiger partial charge in [0, 0.05) is 0 Å². The Kier molecular flexibility index (Phi) is 3.29. The van der Waals surface area contributed by atoms with Gasteiger partial charge < -0.3 is 5.11 Å². The van der Waals surface area contributed by atoms with E-state index in [4.69, 9.17) is 0 Å². The third-order valence-corrected chi connectivity index (χ3v) is 5.73. The van der Waals surface area contributed by atoms with Crippen molar-refractivity contribution < 1.29 is 9.90 Å². The average molecular weight is 228 g/mol. The van der Waals surface area contributed by atoms with Crippen LogP contribution >= 0.6 is 11.8 Å². The molecular weight excluding hydrogens is 208 g/mol. The summed E-state index contributed by atoms with van der Waals surface area (Å²) in [7, 11) is 0. The Morgan fingerprint density at radius 3 is 2.73 bits per heavy atom. The second-order valence-electron chi connectivity index (χ2n) is 5.12. The van der Waals surface area contributed by atoms with Gasteiger partial charge in [0.1, 0.15) is 4.75 Å². The SMILES string of the molecule is CC1CCCC(C2(C(=O)O)CCCS2)C1. The van der Waals surface area contributed by atoms with Crippen LogP contribution < -0.4 is 0 Å². The quantitative estimate of drug-likeness (QED) is 0.789. The molecule has 3 atom stereocenters. The first kappa shape index (κ1) is 11.3. The first-order chi connectivity index (χ1) is 7.15. The normalized spacial score (nSPS) is 41.7. The molecule has 0 aromatic heterocycles. The number of hydrogen-bond donors (Lipinski definition) is 1. The molecule has 0 bridgehead atoms. The van der Waals surface area contributed by atoms with Crippen LogP contribution in [0.3, 0.4) is 0 Å². The molecule has 3 unspecified atom stereocenters. The minimum absolute atomic E-state index is 0.422. The van der Waals surface area contributed by atoms with Crippen LogP contribution in [0.1, 0.15) is 45.4 Å². The number of rotatable bonds is 2. The average Bonchev–Trinajstić information content (AvgIpc) is 2.67. The van der Waals surface area contributed by atoms with Gasteiger partial charge >= 0.3 is 5.97 Å². The van der Waals surface area contributed by atoms with E-state index < -0.39 is 10.7 Å². The van der Waals surface area contributed by atoms with E-state index in [0.717, 1.165) is 37.4 Å². The van der Waals surface area contributed by atoms with Crippen LogP contribution in [0, 0.1) is 11.8 Å². The van der Waals surface area contributed by atoms with Gasteiger partial charge in [0.05, 0.1) is 0 Å². The molecule has 0 aromatic carbocycles. The molecule has 1 heterocycles. The Hall–Kier alpha value is -0.180.